The van der Waals surface area contributed by atoms with Gasteiger partial charge in [0, 0.05) is 25.8 Å². The maximum atomic E-state index is 12.9. The summed E-state index contributed by atoms with van der Waals surface area (Å²) in [5.41, 5.74) is 3.81. The highest BCUT2D eigenvalue weighted by atomic mass is 32.2. The molecule has 0 aliphatic carbocycles. The first-order valence-corrected chi connectivity index (χ1v) is 11.7. The van der Waals surface area contributed by atoms with Crippen molar-refractivity contribution in [2.45, 2.75) is 25.2 Å². The SMILES string of the molecule is COc1cc(C)c(S(=O)N(C)CCOCC(=O)Nc2ccc(CCN(C)C)cc2)c(C)c1. The summed E-state index contributed by atoms with van der Waals surface area (Å²) in [6, 6.07) is 11.6. The maximum absolute atomic E-state index is 12.9. The van der Waals surface area contributed by atoms with Gasteiger partial charge in [-0.2, -0.15) is 0 Å². The molecule has 0 aliphatic rings. The van der Waals surface area contributed by atoms with Crippen molar-refractivity contribution in [1.82, 2.24) is 9.21 Å². The van der Waals surface area contributed by atoms with Crippen LogP contribution in [0, 0.1) is 13.8 Å². The Morgan fingerprint density at radius 1 is 1.03 bits per heavy atom. The van der Waals surface area contributed by atoms with Crippen molar-refractivity contribution in [2.75, 3.05) is 59.9 Å². The number of likely N-dealkylation sites (N-methyl/N-ethyl adjacent to an activating group) is 2. The van der Waals surface area contributed by atoms with Crippen molar-refractivity contribution >= 4 is 22.6 Å². The lowest BCUT2D eigenvalue weighted by molar-refractivity contribution is -0.120. The van der Waals surface area contributed by atoms with Gasteiger partial charge in [0.1, 0.15) is 23.3 Å². The Balaban J connectivity index is 1.76. The van der Waals surface area contributed by atoms with Crippen molar-refractivity contribution in [3.05, 3.63) is 53.1 Å². The first-order valence-electron chi connectivity index (χ1n) is 10.6. The summed E-state index contributed by atoms with van der Waals surface area (Å²) >= 11 is 0. The minimum absolute atomic E-state index is 0.0521. The molecule has 0 saturated heterocycles. The fourth-order valence-electron chi connectivity index (χ4n) is 3.21. The zero-order chi connectivity index (χ0) is 23.7. The number of aryl methyl sites for hydroxylation is 2. The summed E-state index contributed by atoms with van der Waals surface area (Å²) in [5.74, 6) is 0.539. The monoisotopic (exact) mass is 461 g/mol. The van der Waals surface area contributed by atoms with Crippen LogP contribution >= 0.6 is 0 Å². The highest BCUT2D eigenvalue weighted by Gasteiger charge is 2.17. The second-order valence-electron chi connectivity index (χ2n) is 8.04. The Kier molecular flexibility index (Phi) is 10.3. The average molecular weight is 462 g/mol. The van der Waals surface area contributed by atoms with Crippen molar-refractivity contribution in [1.29, 1.82) is 0 Å². The minimum Gasteiger partial charge on any atom is -0.497 e. The number of ether oxygens (including phenoxy) is 2. The topological polar surface area (TPSA) is 71.1 Å². The van der Waals surface area contributed by atoms with E-state index >= 15 is 0 Å². The summed E-state index contributed by atoms with van der Waals surface area (Å²) in [6.07, 6.45) is 0.967. The van der Waals surface area contributed by atoms with Crippen molar-refractivity contribution in [2.24, 2.45) is 0 Å². The first kappa shape index (κ1) is 26.0. The Hall–Kier alpha value is -2.26. The predicted molar refractivity (Wildman–Crippen MR) is 130 cm³/mol. The molecule has 0 fully saturated rings. The van der Waals surface area contributed by atoms with Crippen LogP contribution in [-0.2, 0) is 26.9 Å². The zero-order valence-electron chi connectivity index (χ0n) is 19.9. The molecule has 32 heavy (non-hydrogen) atoms. The summed E-state index contributed by atoms with van der Waals surface area (Å²) < 4.78 is 25.4. The third-order valence-electron chi connectivity index (χ3n) is 5.00. The highest BCUT2D eigenvalue weighted by molar-refractivity contribution is 7.82. The Morgan fingerprint density at radius 2 is 1.66 bits per heavy atom. The van der Waals surface area contributed by atoms with E-state index in [-0.39, 0.29) is 12.5 Å². The van der Waals surface area contributed by atoms with Crippen LogP contribution in [0.2, 0.25) is 0 Å². The van der Waals surface area contributed by atoms with Gasteiger partial charge in [0.05, 0.1) is 18.6 Å². The van der Waals surface area contributed by atoms with Gasteiger partial charge >= 0.3 is 0 Å². The molecule has 1 unspecified atom stereocenters. The number of methoxy groups -OCH3 is 1. The molecule has 2 rings (SSSR count). The molecular weight excluding hydrogens is 426 g/mol. The number of nitrogens with one attached hydrogen (secondary N) is 1. The predicted octanol–water partition coefficient (Wildman–Crippen LogP) is 3.03. The van der Waals surface area contributed by atoms with E-state index in [1.54, 1.807) is 18.5 Å². The molecule has 0 aliphatic heterocycles. The number of hydrogen-bond acceptors (Lipinski definition) is 5. The van der Waals surface area contributed by atoms with E-state index in [0.717, 1.165) is 40.4 Å². The summed E-state index contributed by atoms with van der Waals surface area (Å²) in [7, 11) is 6.17. The number of nitrogens with zero attached hydrogens (tertiary/aromatic N) is 2. The minimum atomic E-state index is -1.32. The van der Waals surface area contributed by atoms with Crippen LogP contribution in [0.15, 0.2) is 41.3 Å². The second kappa shape index (κ2) is 12.7. The first-order chi connectivity index (χ1) is 15.2. The molecule has 0 bridgehead atoms. The molecule has 2 aromatic rings. The van der Waals surface area contributed by atoms with Crippen LogP contribution in [0.4, 0.5) is 5.69 Å². The van der Waals surface area contributed by atoms with Crippen molar-refractivity contribution < 1.29 is 18.5 Å². The number of benzene rings is 2. The summed E-state index contributed by atoms with van der Waals surface area (Å²) in [5, 5.41) is 2.84. The molecule has 8 heteroatoms. The standard InChI is InChI=1S/C24H35N3O4S/c1-18-15-22(30-6)16-19(2)24(18)32(29)27(5)13-14-31-17-23(28)25-21-9-7-20(8-10-21)11-12-26(3)4/h7-10,15-16H,11-14,17H2,1-6H3,(H,25,28). The molecule has 1 amide bonds. The molecule has 1 atom stereocenters. The largest absolute Gasteiger partial charge is 0.497 e. The van der Waals surface area contributed by atoms with E-state index in [4.69, 9.17) is 9.47 Å². The normalized spacial score (nSPS) is 12.2. The van der Waals surface area contributed by atoms with Crippen LogP contribution < -0.4 is 10.1 Å². The molecular formula is C24H35N3O4S. The lowest BCUT2D eigenvalue weighted by Gasteiger charge is -2.19. The van der Waals surface area contributed by atoms with Gasteiger partial charge in [0.2, 0.25) is 5.91 Å². The van der Waals surface area contributed by atoms with E-state index in [0.29, 0.717) is 13.2 Å². The molecule has 7 nitrogen and oxygen atoms in total. The van der Waals surface area contributed by atoms with E-state index in [2.05, 4.69) is 10.2 Å². The van der Waals surface area contributed by atoms with Crippen LogP contribution in [0.3, 0.4) is 0 Å². The van der Waals surface area contributed by atoms with Gasteiger partial charge in [-0.3, -0.25) is 4.79 Å². The van der Waals surface area contributed by atoms with E-state index in [1.165, 1.54) is 5.56 Å². The lowest BCUT2D eigenvalue weighted by Crippen LogP contribution is -2.28. The van der Waals surface area contributed by atoms with Gasteiger partial charge in [0.25, 0.3) is 0 Å². The van der Waals surface area contributed by atoms with Gasteiger partial charge in [-0.15, -0.1) is 0 Å². The number of rotatable bonds is 12. The molecule has 176 valence electrons. The Labute approximate surface area is 194 Å². The van der Waals surface area contributed by atoms with Gasteiger partial charge in [-0.1, -0.05) is 12.1 Å². The molecule has 0 radical (unpaired) electrons. The van der Waals surface area contributed by atoms with Gasteiger partial charge in [0.15, 0.2) is 0 Å². The number of anilines is 1. The number of carbonyl (C=O) groups is 1. The molecule has 0 heterocycles. The van der Waals surface area contributed by atoms with E-state index in [1.807, 2.05) is 64.3 Å². The molecule has 2 aromatic carbocycles. The molecule has 0 saturated carbocycles. The summed E-state index contributed by atoms with van der Waals surface area (Å²) in [6.45, 7) is 5.51. The fourth-order valence-corrected chi connectivity index (χ4v) is 4.43. The quantitative estimate of drug-likeness (QED) is 0.492. The highest BCUT2D eigenvalue weighted by Crippen LogP contribution is 2.25. The van der Waals surface area contributed by atoms with Gasteiger partial charge < -0.3 is 19.7 Å². The van der Waals surface area contributed by atoms with Crippen LogP contribution in [0.25, 0.3) is 0 Å². The van der Waals surface area contributed by atoms with Crippen LogP contribution in [0.5, 0.6) is 5.75 Å². The van der Waals surface area contributed by atoms with Crippen LogP contribution in [-0.4, -0.2) is 73.9 Å². The fraction of sp³-hybridized carbons (Fsp3) is 0.458. The third-order valence-corrected chi connectivity index (χ3v) is 6.74. The molecule has 0 aromatic heterocycles. The number of amides is 1. The maximum Gasteiger partial charge on any atom is 0.250 e. The van der Waals surface area contributed by atoms with Crippen LogP contribution in [0.1, 0.15) is 16.7 Å². The lowest BCUT2D eigenvalue weighted by atomic mass is 10.1. The molecule has 1 N–H and O–H groups in total. The smallest absolute Gasteiger partial charge is 0.250 e. The van der Waals surface area contributed by atoms with E-state index < -0.39 is 11.0 Å². The van der Waals surface area contributed by atoms with Crippen molar-refractivity contribution in [3.8, 4) is 5.75 Å². The third kappa shape index (κ3) is 8.02. The Morgan fingerprint density at radius 3 is 2.22 bits per heavy atom. The van der Waals surface area contributed by atoms with Crippen molar-refractivity contribution in [3.63, 3.8) is 0 Å². The Bertz CT molecular complexity index is 893. The second-order valence-corrected chi connectivity index (χ2v) is 9.57. The van der Waals surface area contributed by atoms with E-state index in [9.17, 15) is 9.00 Å². The average Bonchev–Trinajstić information content (AvgIpc) is 2.75. The zero-order valence-corrected chi connectivity index (χ0v) is 20.8. The number of hydrogen-bond donors (Lipinski definition) is 1. The summed E-state index contributed by atoms with van der Waals surface area (Å²) in [4.78, 5) is 15.0. The van der Waals surface area contributed by atoms with Gasteiger partial charge in [-0.05, 0) is 75.3 Å². The van der Waals surface area contributed by atoms with Gasteiger partial charge in [-0.25, -0.2) is 8.51 Å². The number of carbonyl (C=O) groups excluding carboxylic acids is 1. The molecule has 0 spiro atoms.